The predicted molar refractivity (Wildman–Crippen MR) is 126 cm³/mol. The second kappa shape index (κ2) is 10.0. The number of rotatable bonds is 4. The van der Waals surface area contributed by atoms with Crippen LogP contribution in [-0.2, 0) is 23.9 Å². The van der Waals surface area contributed by atoms with Gasteiger partial charge >= 0.3 is 11.9 Å². The van der Waals surface area contributed by atoms with Crippen LogP contribution in [0.2, 0.25) is 0 Å². The number of benzene rings is 1. The van der Waals surface area contributed by atoms with E-state index in [1.54, 1.807) is 12.1 Å². The van der Waals surface area contributed by atoms with Gasteiger partial charge in [-0.05, 0) is 62.6 Å². The maximum Gasteiger partial charge on any atom is 0.337 e. The molecule has 1 aromatic rings. The van der Waals surface area contributed by atoms with Crippen LogP contribution < -0.4 is 5.32 Å². The highest BCUT2D eigenvalue weighted by atomic mass is 16.5. The topological polar surface area (TPSA) is 102 Å². The third kappa shape index (κ3) is 4.61. The third-order valence-electron chi connectivity index (χ3n) is 7.27. The fraction of sp³-hybridized carbons (Fsp3) is 0.519. The van der Waals surface area contributed by atoms with Crippen LogP contribution in [0.1, 0.15) is 70.3 Å². The predicted octanol–water partition coefficient (Wildman–Crippen LogP) is 4.27. The molecular formula is C27H33NO6. The van der Waals surface area contributed by atoms with Gasteiger partial charge in [-0.25, -0.2) is 4.79 Å². The fourth-order valence-electron chi connectivity index (χ4n) is 5.53. The number of hydrogen-bond donors (Lipinski definition) is 2. The molecule has 2 N–H and O–H groups in total. The lowest BCUT2D eigenvalue weighted by Crippen LogP contribution is -2.43. The lowest BCUT2D eigenvalue weighted by Gasteiger charge is -2.38. The smallest absolute Gasteiger partial charge is 0.337 e. The molecule has 0 spiro atoms. The van der Waals surface area contributed by atoms with E-state index in [1.807, 2.05) is 13.8 Å². The van der Waals surface area contributed by atoms with Crippen molar-refractivity contribution in [2.24, 2.45) is 11.8 Å². The minimum absolute atomic E-state index is 0.0891. The molecule has 0 saturated heterocycles. The van der Waals surface area contributed by atoms with Crippen LogP contribution in [0, 0.1) is 11.8 Å². The third-order valence-corrected chi connectivity index (χ3v) is 7.27. The van der Waals surface area contributed by atoms with Gasteiger partial charge < -0.3 is 19.9 Å². The van der Waals surface area contributed by atoms with Gasteiger partial charge in [0.2, 0.25) is 0 Å². The van der Waals surface area contributed by atoms with Gasteiger partial charge in [-0.1, -0.05) is 31.9 Å². The minimum Gasteiger partial charge on any atom is -0.508 e. The van der Waals surface area contributed by atoms with Crippen molar-refractivity contribution in [2.75, 3.05) is 7.11 Å². The highest BCUT2D eigenvalue weighted by molar-refractivity contribution is 6.12. The molecule has 0 bridgehead atoms. The van der Waals surface area contributed by atoms with Crippen molar-refractivity contribution in [1.29, 1.82) is 0 Å². The molecule has 3 aliphatic rings. The van der Waals surface area contributed by atoms with Gasteiger partial charge in [0.05, 0.1) is 12.7 Å². The number of ketones is 1. The number of carbonyl (C=O) groups is 3. The van der Waals surface area contributed by atoms with E-state index in [9.17, 15) is 19.5 Å². The van der Waals surface area contributed by atoms with Gasteiger partial charge in [0.25, 0.3) is 0 Å². The molecule has 1 fully saturated rings. The van der Waals surface area contributed by atoms with Crippen LogP contribution in [-0.4, -0.2) is 36.0 Å². The summed E-state index contributed by atoms with van der Waals surface area (Å²) in [6, 6.07) is 6.49. The van der Waals surface area contributed by atoms with Crippen molar-refractivity contribution in [3.05, 3.63) is 52.4 Å². The molecule has 1 aliphatic heterocycles. The summed E-state index contributed by atoms with van der Waals surface area (Å²) in [6.45, 7) is 3.68. The zero-order valence-corrected chi connectivity index (χ0v) is 20.1. The molecule has 34 heavy (non-hydrogen) atoms. The summed E-state index contributed by atoms with van der Waals surface area (Å²) in [6.07, 6.45) is 6.36. The Morgan fingerprint density at radius 2 is 1.71 bits per heavy atom. The van der Waals surface area contributed by atoms with E-state index < -0.39 is 23.8 Å². The molecule has 0 aromatic heterocycles. The van der Waals surface area contributed by atoms with Gasteiger partial charge in [0.15, 0.2) is 5.78 Å². The van der Waals surface area contributed by atoms with Crippen LogP contribution in [0.3, 0.4) is 0 Å². The fourth-order valence-corrected chi connectivity index (χ4v) is 5.53. The molecule has 3 atom stereocenters. The summed E-state index contributed by atoms with van der Waals surface area (Å²) in [5, 5.41) is 13.1. The number of allylic oxidation sites excluding steroid dienone is 3. The largest absolute Gasteiger partial charge is 0.508 e. The van der Waals surface area contributed by atoms with E-state index in [4.69, 9.17) is 9.47 Å². The van der Waals surface area contributed by atoms with E-state index >= 15 is 0 Å². The first-order valence-electron chi connectivity index (χ1n) is 12.1. The molecule has 0 amide bonds. The van der Waals surface area contributed by atoms with E-state index in [0.29, 0.717) is 28.8 Å². The van der Waals surface area contributed by atoms with Crippen molar-refractivity contribution >= 4 is 17.7 Å². The summed E-state index contributed by atoms with van der Waals surface area (Å²) in [5.41, 5.74) is 2.83. The average molecular weight is 468 g/mol. The van der Waals surface area contributed by atoms with Gasteiger partial charge in [-0.2, -0.15) is 0 Å². The number of carbonyl (C=O) groups excluding carboxylic acids is 3. The molecule has 7 heteroatoms. The van der Waals surface area contributed by atoms with Crippen molar-refractivity contribution in [1.82, 2.24) is 5.32 Å². The number of phenolic OH excluding ortho intramolecular Hbond substituents is 1. The Bertz CT molecular complexity index is 1030. The molecule has 3 unspecified atom stereocenters. The number of esters is 2. The molecule has 2 aliphatic carbocycles. The number of dihydropyridines is 1. The van der Waals surface area contributed by atoms with E-state index in [-0.39, 0.29) is 23.6 Å². The SMILES string of the molecule is COC(=O)C1C(=O)C2=C(CC1C)NC(C)=C(C(=O)OC1CCCCCC1)C2c1ccc(O)cc1. The Hall–Kier alpha value is -3.09. The number of methoxy groups -OCH3 is 1. The highest BCUT2D eigenvalue weighted by Gasteiger charge is 2.47. The zero-order valence-electron chi connectivity index (χ0n) is 20.1. The normalized spacial score (nSPS) is 25.9. The average Bonchev–Trinajstić information content (AvgIpc) is 3.07. The van der Waals surface area contributed by atoms with Crippen molar-refractivity contribution < 1.29 is 29.0 Å². The quantitative estimate of drug-likeness (QED) is 0.387. The Kier molecular flexibility index (Phi) is 7.10. The van der Waals surface area contributed by atoms with E-state index in [1.165, 1.54) is 19.2 Å². The molecular weight excluding hydrogens is 434 g/mol. The van der Waals surface area contributed by atoms with Crippen LogP contribution >= 0.6 is 0 Å². The molecule has 7 nitrogen and oxygen atoms in total. The standard InChI is InChI=1S/C27H33NO6/c1-15-14-20-24(25(30)21(15)26(31)33-3)23(17-10-12-18(29)13-11-17)22(16(2)28-20)27(32)34-19-8-6-4-5-7-9-19/h10-13,15,19,21,23,28-29H,4-9,14H2,1-3H3. The molecule has 1 saturated carbocycles. The number of nitrogens with one attached hydrogen (secondary N) is 1. The van der Waals surface area contributed by atoms with Gasteiger partial charge in [-0.15, -0.1) is 0 Å². The maximum atomic E-state index is 13.7. The molecule has 4 rings (SSSR count). The lowest BCUT2D eigenvalue weighted by molar-refractivity contribution is -0.151. The second-order valence-corrected chi connectivity index (χ2v) is 9.65. The first-order chi connectivity index (χ1) is 16.3. The van der Waals surface area contributed by atoms with Crippen molar-refractivity contribution in [3.8, 4) is 5.75 Å². The van der Waals surface area contributed by atoms with Gasteiger partial charge in [-0.3, -0.25) is 9.59 Å². The number of ether oxygens (including phenoxy) is 2. The summed E-state index contributed by atoms with van der Waals surface area (Å²) in [4.78, 5) is 39.8. The second-order valence-electron chi connectivity index (χ2n) is 9.65. The highest BCUT2D eigenvalue weighted by Crippen LogP contribution is 2.45. The summed E-state index contributed by atoms with van der Waals surface area (Å²) in [5.74, 6) is -3.11. The molecule has 182 valence electrons. The van der Waals surface area contributed by atoms with Crippen molar-refractivity contribution in [2.45, 2.75) is 70.8 Å². The zero-order chi connectivity index (χ0) is 24.4. The van der Waals surface area contributed by atoms with E-state index in [2.05, 4.69) is 5.32 Å². The summed E-state index contributed by atoms with van der Waals surface area (Å²) in [7, 11) is 1.28. The molecule has 1 heterocycles. The Balaban J connectivity index is 1.76. The van der Waals surface area contributed by atoms with Gasteiger partial charge in [0, 0.05) is 22.9 Å². The van der Waals surface area contributed by atoms with Gasteiger partial charge in [0.1, 0.15) is 17.8 Å². The van der Waals surface area contributed by atoms with Crippen LogP contribution in [0.15, 0.2) is 46.8 Å². The maximum absolute atomic E-state index is 13.7. The van der Waals surface area contributed by atoms with E-state index in [0.717, 1.165) is 44.2 Å². The first-order valence-corrected chi connectivity index (χ1v) is 12.1. The molecule has 1 aromatic carbocycles. The number of aromatic hydroxyl groups is 1. The monoisotopic (exact) mass is 467 g/mol. The van der Waals surface area contributed by atoms with Crippen LogP contribution in [0.5, 0.6) is 5.75 Å². The number of phenols is 1. The number of hydrogen-bond acceptors (Lipinski definition) is 7. The minimum atomic E-state index is -0.928. The Morgan fingerprint density at radius 1 is 1.06 bits per heavy atom. The van der Waals surface area contributed by atoms with Crippen LogP contribution in [0.25, 0.3) is 0 Å². The Morgan fingerprint density at radius 3 is 2.32 bits per heavy atom. The van der Waals surface area contributed by atoms with Crippen molar-refractivity contribution in [3.63, 3.8) is 0 Å². The number of Topliss-reactive ketones (excluding diaryl/α,β-unsaturated/α-hetero) is 1. The Labute approximate surface area is 200 Å². The summed E-state index contributed by atoms with van der Waals surface area (Å²) < 4.78 is 10.9. The molecule has 0 radical (unpaired) electrons. The lowest BCUT2D eigenvalue weighted by atomic mass is 9.69. The first kappa shape index (κ1) is 24.0. The van der Waals surface area contributed by atoms with Crippen LogP contribution in [0.4, 0.5) is 0 Å². The summed E-state index contributed by atoms with van der Waals surface area (Å²) >= 11 is 0.